The summed E-state index contributed by atoms with van der Waals surface area (Å²) in [6, 6.07) is 0. The van der Waals surface area contributed by atoms with Gasteiger partial charge in [0.25, 0.3) is 0 Å². The van der Waals surface area contributed by atoms with Gasteiger partial charge >= 0.3 is 0 Å². The number of anilines is 1. The van der Waals surface area contributed by atoms with Crippen LogP contribution in [0.2, 0.25) is 0 Å². The first kappa shape index (κ1) is 102. The van der Waals surface area contributed by atoms with Crippen LogP contribution < -0.4 is 11.1 Å². The zero-order valence-corrected chi connectivity index (χ0v) is 69.8. The van der Waals surface area contributed by atoms with E-state index in [1.165, 1.54) is 114 Å². The molecule has 1 aliphatic rings. The van der Waals surface area contributed by atoms with Gasteiger partial charge in [-0.3, -0.25) is 4.79 Å². The molecule has 1 fully saturated rings. The molecule has 0 aliphatic carbocycles. The highest BCUT2D eigenvalue weighted by atomic mass is 32.1. The summed E-state index contributed by atoms with van der Waals surface area (Å²) in [5.41, 5.74) is 11.7. The lowest BCUT2D eigenvalue weighted by atomic mass is 9.80. The highest BCUT2D eigenvalue weighted by molar-refractivity contribution is 7.13. The van der Waals surface area contributed by atoms with E-state index >= 15 is 0 Å². The Morgan fingerprint density at radius 1 is 0.420 bits per heavy atom. The number of hydrogen-bond acceptors (Lipinski definition) is 7. The lowest BCUT2D eigenvalue weighted by Crippen LogP contribution is -2.28. The summed E-state index contributed by atoms with van der Waals surface area (Å²) in [7, 11) is 0. The molecule has 2 aromatic heterocycles. The number of nitrogens with two attached hydrogens (primary N) is 1. The third-order valence-corrected chi connectivity index (χ3v) is 13.3. The topological polar surface area (TPSA) is 107 Å². The molecule has 0 saturated carbocycles. The number of thiazole rings is 1. The van der Waals surface area contributed by atoms with Crippen molar-refractivity contribution in [2.45, 2.75) is 413 Å². The Morgan fingerprint density at radius 2 is 0.670 bits per heavy atom. The standard InChI is InChI=1S/C8H14N2O.C8H14N2S.C8H15NO.8C7H16/c1-6-9-10-7(11-6)5-8(2,3)4;1-8(2,3)4-6-5-11-7(9)10-6;1-8(2,3)6-4-5-9-7(6)10;8*1-5-6-7(2,3)4/h5H2,1-4H3;5H,4H2,1-3H3,(H2,9,10);6H,4-5H2,1-3H3,(H,9,10);8*5-6H2,1-4H3. The lowest BCUT2D eigenvalue weighted by Gasteiger charge is -2.23. The second-order valence-corrected chi connectivity index (χ2v) is 39.2. The molecule has 1 amide bonds. The Labute approximate surface area is 562 Å². The van der Waals surface area contributed by atoms with Gasteiger partial charge in [0.15, 0.2) is 5.13 Å². The Balaban J connectivity index is -0.000000134. The van der Waals surface area contributed by atoms with E-state index in [1.54, 1.807) is 6.92 Å². The van der Waals surface area contributed by atoms with Crippen LogP contribution in [0.5, 0.6) is 0 Å². The molecule has 0 bridgehead atoms. The largest absolute Gasteiger partial charge is 0.426 e. The minimum Gasteiger partial charge on any atom is -0.426 e. The molecule has 0 spiro atoms. The molecule has 88 heavy (non-hydrogen) atoms. The van der Waals surface area contributed by atoms with Crippen LogP contribution in [0.15, 0.2) is 9.80 Å². The van der Waals surface area contributed by atoms with Gasteiger partial charge < -0.3 is 15.5 Å². The molecular formula is C80H171N5O2S. The van der Waals surface area contributed by atoms with E-state index in [0.717, 1.165) is 37.4 Å². The van der Waals surface area contributed by atoms with Crippen LogP contribution in [0.4, 0.5) is 5.13 Å². The van der Waals surface area contributed by atoms with Crippen LogP contribution >= 0.6 is 11.3 Å². The predicted octanol–water partition coefficient (Wildman–Crippen LogP) is 28.1. The Hall–Kier alpha value is -1.96. The maximum Gasteiger partial charge on any atom is 0.223 e. The van der Waals surface area contributed by atoms with Crippen molar-refractivity contribution in [3.63, 3.8) is 0 Å². The minimum absolute atomic E-state index is 0.139. The molecule has 0 radical (unpaired) electrons. The quantitative estimate of drug-likeness (QED) is 0.245. The van der Waals surface area contributed by atoms with Crippen LogP contribution in [-0.4, -0.2) is 27.6 Å². The first-order valence-electron chi connectivity index (χ1n) is 35.7. The second kappa shape index (κ2) is 50.5. The number of rotatable bonds is 10. The number of aromatic nitrogens is 3. The number of amides is 1. The third-order valence-electron chi connectivity index (χ3n) is 12.6. The highest BCUT2D eigenvalue weighted by Crippen LogP contribution is 2.31. The van der Waals surface area contributed by atoms with Crippen molar-refractivity contribution in [2.75, 3.05) is 12.3 Å². The van der Waals surface area contributed by atoms with Crippen molar-refractivity contribution < 1.29 is 9.21 Å². The van der Waals surface area contributed by atoms with Gasteiger partial charge in [0.1, 0.15) is 0 Å². The van der Waals surface area contributed by atoms with E-state index in [1.807, 2.05) is 5.38 Å². The molecule has 8 heteroatoms. The number of nitrogens with zero attached hydrogens (tertiary/aromatic N) is 3. The number of carbonyl (C=O) groups is 1. The average molecular weight is 1270 g/mol. The molecule has 1 saturated heterocycles. The van der Waals surface area contributed by atoms with Gasteiger partial charge in [-0.15, -0.1) is 21.5 Å². The van der Waals surface area contributed by atoms with Crippen molar-refractivity contribution in [2.24, 2.45) is 65.5 Å². The number of nitrogens with one attached hydrogen (secondary N) is 1. The summed E-state index contributed by atoms with van der Waals surface area (Å²) in [6.45, 7) is 94.4. The molecule has 534 valence electrons. The van der Waals surface area contributed by atoms with Gasteiger partial charge in [-0.1, -0.05) is 335 Å². The van der Waals surface area contributed by atoms with Crippen molar-refractivity contribution >= 4 is 22.4 Å². The average Bonchev–Trinajstić information content (AvgIpc) is 3.99. The van der Waals surface area contributed by atoms with Gasteiger partial charge in [-0.2, -0.15) is 0 Å². The molecule has 1 aliphatic heterocycles. The highest BCUT2D eigenvalue weighted by Gasteiger charge is 2.34. The smallest absolute Gasteiger partial charge is 0.223 e. The second-order valence-electron chi connectivity index (χ2n) is 38.4. The molecule has 3 rings (SSSR count). The summed E-state index contributed by atoms with van der Waals surface area (Å²) >= 11 is 1.51. The van der Waals surface area contributed by atoms with Crippen molar-refractivity contribution in [1.82, 2.24) is 20.5 Å². The molecule has 7 nitrogen and oxygen atoms in total. The molecule has 1 atom stereocenters. The van der Waals surface area contributed by atoms with E-state index in [2.05, 4.69) is 304 Å². The summed E-state index contributed by atoms with van der Waals surface area (Å²) in [5, 5.41) is 13.2. The van der Waals surface area contributed by atoms with Crippen LogP contribution in [-0.2, 0) is 17.6 Å². The first-order valence-corrected chi connectivity index (χ1v) is 36.6. The van der Waals surface area contributed by atoms with Crippen molar-refractivity contribution in [3.8, 4) is 0 Å². The maximum absolute atomic E-state index is 11.1. The Morgan fingerprint density at radius 3 is 0.784 bits per heavy atom. The van der Waals surface area contributed by atoms with Crippen LogP contribution in [0, 0.1) is 72.4 Å². The zero-order valence-electron chi connectivity index (χ0n) is 68.9. The lowest BCUT2D eigenvalue weighted by molar-refractivity contribution is -0.125. The van der Waals surface area contributed by atoms with Gasteiger partial charge in [-0.05, 0) is 124 Å². The van der Waals surface area contributed by atoms with E-state index in [9.17, 15) is 4.79 Å². The normalized spacial score (nSPS) is 13.7. The first-order chi connectivity index (χ1) is 38.9. The fourth-order valence-corrected chi connectivity index (χ4v) is 9.79. The van der Waals surface area contributed by atoms with Gasteiger partial charge in [-0.25, -0.2) is 4.98 Å². The van der Waals surface area contributed by atoms with Gasteiger partial charge in [0.05, 0.1) is 5.69 Å². The Bertz CT molecular complexity index is 1570. The molecule has 0 aromatic carbocycles. The number of carbonyl (C=O) groups excluding carboxylic acids is 1. The summed E-state index contributed by atoms with van der Waals surface area (Å²) in [6.07, 6.45) is 24.0. The summed E-state index contributed by atoms with van der Waals surface area (Å²) in [5.74, 6) is 1.83. The van der Waals surface area contributed by atoms with Crippen LogP contribution in [0.1, 0.15) is 411 Å². The fourth-order valence-electron chi connectivity index (χ4n) is 9.23. The van der Waals surface area contributed by atoms with Crippen LogP contribution in [0.3, 0.4) is 0 Å². The predicted molar refractivity (Wildman–Crippen MR) is 407 cm³/mol. The SMILES string of the molecule is CC(C)(C)C1CCNC1=O.CC(C)(C)Cc1csc(N)n1.CCCC(C)(C)C.CCCC(C)(C)C.CCCC(C)(C)C.CCCC(C)(C)C.CCCC(C)(C)C.CCCC(C)(C)C.CCCC(C)(C)C.CCCC(C)(C)C.Cc1nnc(CC(C)(C)C)o1. The Kier molecular flexibility index (Phi) is 58.6. The van der Waals surface area contributed by atoms with E-state index in [4.69, 9.17) is 10.2 Å². The summed E-state index contributed by atoms with van der Waals surface area (Å²) in [4.78, 5) is 15.3. The number of nitrogen functional groups attached to an aromatic ring is 1. The van der Waals surface area contributed by atoms with Crippen molar-refractivity contribution in [3.05, 3.63) is 22.9 Å². The third kappa shape index (κ3) is 106. The van der Waals surface area contributed by atoms with Crippen LogP contribution in [0.25, 0.3) is 0 Å². The van der Waals surface area contributed by atoms with E-state index in [0.29, 0.717) is 59.8 Å². The van der Waals surface area contributed by atoms with Gasteiger partial charge in [0.2, 0.25) is 17.7 Å². The number of aryl methyl sites for hydroxylation is 1. The minimum atomic E-state index is 0.139. The molecular weight excluding hydrogens is 1090 g/mol. The fraction of sp³-hybridized carbons (Fsp3) is 0.925. The summed E-state index contributed by atoms with van der Waals surface area (Å²) < 4.78 is 5.24. The zero-order chi connectivity index (χ0) is 72.1. The molecule has 3 heterocycles. The molecule has 3 N–H and O–H groups in total. The van der Waals surface area contributed by atoms with E-state index < -0.39 is 0 Å². The molecule has 1 unspecified atom stereocenters. The molecule has 2 aromatic rings. The van der Waals surface area contributed by atoms with Gasteiger partial charge in [0, 0.05) is 31.2 Å². The monoisotopic (exact) mass is 1270 g/mol. The van der Waals surface area contributed by atoms with E-state index in [-0.39, 0.29) is 22.7 Å². The van der Waals surface area contributed by atoms with Crippen molar-refractivity contribution in [1.29, 1.82) is 0 Å². The number of hydrogen-bond donors (Lipinski definition) is 2. The maximum atomic E-state index is 11.1.